The molecule has 5 nitrogen and oxygen atoms in total. The van der Waals surface area contributed by atoms with E-state index < -0.39 is 0 Å². The van der Waals surface area contributed by atoms with E-state index in [0.717, 1.165) is 16.7 Å². The first-order valence-electron chi connectivity index (χ1n) is 10.2. The Hall–Kier alpha value is -2.89. The van der Waals surface area contributed by atoms with E-state index in [-0.39, 0.29) is 6.03 Å². The second kappa shape index (κ2) is 11.7. The first kappa shape index (κ1) is 23.8. The maximum Gasteiger partial charge on any atom is 0.317 e. The summed E-state index contributed by atoms with van der Waals surface area (Å²) in [6.45, 7) is 1.34. The number of carbonyl (C=O) groups excluding carboxylic acids is 1. The molecule has 0 saturated heterocycles. The van der Waals surface area contributed by atoms with Gasteiger partial charge in [0.2, 0.25) is 0 Å². The SMILES string of the molecule is COc1ccc(CN(CCc2ccc(Cl)cc2Cl)C(=O)NCc2ccccc2)cc1OC. The monoisotopic (exact) mass is 472 g/mol. The molecule has 3 aromatic rings. The number of nitrogens with zero attached hydrogens (tertiary/aromatic N) is 1. The van der Waals surface area contributed by atoms with Crippen LogP contribution in [0.15, 0.2) is 66.7 Å². The molecule has 0 spiro atoms. The summed E-state index contributed by atoms with van der Waals surface area (Å²) < 4.78 is 10.7. The van der Waals surface area contributed by atoms with Gasteiger partial charge in [0.15, 0.2) is 11.5 Å². The quantitative estimate of drug-likeness (QED) is 0.417. The van der Waals surface area contributed by atoms with Crippen LogP contribution in [0.4, 0.5) is 4.79 Å². The largest absolute Gasteiger partial charge is 0.493 e. The van der Waals surface area contributed by atoms with Crippen LogP contribution in [-0.2, 0) is 19.5 Å². The third-order valence-corrected chi connectivity index (χ3v) is 5.65. The zero-order valence-electron chi connectivity index (χ0n) is 18.1. The number of amides is 2. The summed E-state index contributed by atoms with van der Waals surface area (Å²) in [4.78, 5) is 14.8. The summed E-state index contributed by atoms with van der Waals surface area (Å²) in [6.07, 6.45) is 0.599. The van der Waals surface area contributed by atoms with Gasteiger partial charge in [0.1, 0.15) is 0 Å². The van der Waals surface area contributed by atoms with Crippen molar-refractivity contribution >= 4 is 29.2 Å². The van der Waals surface area contributed by atoms with E-state index >= 15 is 0 Å². The molecule has 3 rings (SSSR count). The van der Waals surface area contributed by atoms with Crippen molar-refractivity contribution in [3.05, 3.63) is 93.5 Å². The van der Waals surface area contributed by atoms with Crippen LogP contribution in [-0.4, -0.2) is 31.7 Å². The average molecular weight is 473 g/mol. The first-order valence-corrected chi connectivity index (χ1v) is 11.0. The number of benzene rings is 3. The minimum Gasteiger partial charge on any atom is -0.493 e. The molecule has 168 valence electrons. The van der Waals surface area contributed by atoms with Gasteiger partial charge in [-0.15, -0.1) is 0 Å². The lowest BCUT2D eigenvalue weighted by Gasteiger charge is -2.24. The second-order valence-electron chi connectivity index (χ2n) is 7.24. The van der Waals surface area contributed by atoms with Crippen molar-refractivity contribution in [1.82, 2.24) is 10.2 Å². The molecule has 2 amide bonds. The summed E-state index contributed by atoms with van der Waals surface area (Å²) in [6, 6.07) is 20.7. The summed E-state index contributed by atoms with van der Waals surface area (Å²) >= 11 is 12.3. The normalized spacial score (nSPS) is 10.5. The highest BCUT2D eigenvalue weighted by Gasteiger charge is 2.16. The molecule has 1 N–H and O–H groups in total. The number of nitrogens with one attached hydrogen (secondary N) is 1. The predicted molar refractivity (Wildman–Crippen MR) is 129 cm³/mol. The molecule has 0 aliphatic rings. The highest BCUT2D eigenvalue weighted by atomic mass is 35.5. The van der Waals surface area contributed by atoms with E-state index in [2.05, 4.69) is 5.32 Å². The molecular formula is C25H26Cl2N2O3. The van der Waals surface area contributed by atoms with Crippen LogP contribution in [0.5, 0.6) is 11.5 Å². The van der Waals surface area contributed by atoms with Crippen molar-refractivity contribution < 1.29 is 14.3 Å². The number of hydrogen-bond donors (Lipinski definition) is 1. The van der Waals surface area contributed by atoms with E-state index in [0.29, 0.717) is 47.6 Å². The van der Waals surface area contributed by atoms with Gasteiger partial charge in [-0.05, 0) is 47.4 Å². The Balaban J connectivity index is 1.75. The highest BCUT2D eigenvalue weighted by molar-refractivity contribution is 6.35. The molecule has 7 heteroatoms. The van der Waals surface area contributed by atoms with Crippen molar-refractivity contribution in [1.29, 1.82) is 0 Å². The minimum atomic E-state index is -0.159. The third kappa shape index (κ3) is 6.55. The molecule has 0 aromatic heterocycles. The van der Waals surface area contributed by atoms with E-state index in [1.54, 1.807) is 31.3 Å². The zero-order chi connectivity index (χ0) is 22.9. The van der Waals surface area contributed by atoms with E-state index in [1.807, 2.05) is 54.6 Å². The lowest BCUT2D eigenvalue weighted by Crippen LogP contribution is -2.40. The Morgan fingerprint density at radius 3 is 2.34 bits per heavy atom. The number of methoxy groups -OCH3 is 2. The summed E-state index contributed by atoms with van der Waals surface area (Å²) in [5.74, 6) is 1.26. The molecule has 0 aliphatic carbocycles. The van der Waals surface area contributed by atoms with Gasteiger partial charge < -0.3 is 19.7 Å². The number of urea groups is 1. The number of hydrogen-bond acceptors (Lipinski definition) is 3. The van der Waals surface area contributed by atoms with Crippen molar-refractivity contribution in [2.24, 2.45) is 0 Å². The fourth-order valence-electron chi connectivity index (χ4n) is 3.32. The lowest BCUT2D eigenvalue weighted by molar-refractivity contribution is 0.195. The Bertz CT molecular complexity index is 1040. The standard InChI is InChI=1S/C25H26Cl2N2O3/c1-31-23-11-8-19(14-24(23)32-2)17-29(13-12-20-9-10-21(26)15-22(20)27)25(30)28-16-18-6-4-3-5-7-18/h3-11,14-15H,12-13,16-17H2,1-2H3,(H,28,30). The molecule has 0 fully saturated rings. The van der Waals surface area contributed by atoms with Crippen LogP contribution in [0, 0.1) is 0 Å². The van der Waals surface area contributed by atoms with Crippen LogP contribution < -0.4 is 14.8 Å². The van der Waals surface area contributed by atoms with Gasteiger partial charge in [-0.3, -0.25) is 0 Å². The molecule has 0 unspecified atom stereocenters. The molecular weight excluding hydrogens is 447 g/mol. The van der Waals surface area contributed by atoms with Crippen LogP contribution in [0.25, 0.3) is 0 Å². The van der Waals surface area contributed by atoms with Crippen molar-refractivity contribution in [2.45, 2.75) is 19.5 Å². The molecule has 0 heterocycles. The van der Waals surface area contributed by atoms with Crippen LogP contribution in [0.1, 0.15) is 16.7 Å². The highest BCUT2D eigenvalue weighted by Crippen LogP contribution is 2.28. The third-order valence-electron chi connectivity index (χ3n) is 5.06. The number of halogens is 2. The predicted octanol–water partition coefficient (Wildman–Crippen LogP) is 5.97. The topological polar surface area (TPSA) is 50.8 Å². The zero-order valence-corrected chi connectivity index (χ0v) is 19.6. The van der Waals surface area contributed by atoms with Gasteiger partial charge in [0.05, 0.1) is 14.2 Å². The number of rotatable bonds is 9. The number of ether oxygens (including phenoxy) is 2. The Kier molecular flexibility index (Phi) is 8.65. The maximum absolute atomic E-state index is 13.1. The summed E-state index contributed by atoms with van der Waals surface area (Å²) in [7, 11) is 3.19. The van der Waals surface area contributed by atoms with Crippen LogP contribution in [0.2, 0.25) is 10.0 Å². The summed E-state index contributed by atoms with van der Waals surface area (Å²) in [5.41, 5.74) is 2.90. The second-order valence-corrected chi connectivity index (χ2v) is 8.08. The molecule has 0 atom stereocenters. The molecule has 3 aromatic carbocycles. The van der Waals surface area contributed by atoms with E-state index in [9.17, 15) is 4.79 Å². The smallest absolute Gasteiger partial charge is 0.317 e. The fraction of sp³-hybridized carbons (Fsp3) is 0.240. The Morgan fingerprint density at radius 1 is 0.906 bits per heavy atom. The van der Waals surface area contributed by atoms with Gasteiger partial charge in [-0.1, -0.05) is 65.7 Å². The molecule has 0 radical (unpaired) electrons. The van der Waals surface area contributed by atoms with Crippen LogP contribution >= 0.6 is 23.2 Å². The minimum absolute atomic E-state index is 0.159. The number of carbonyl (C=O) groups is 1. The van der Waals surface area contributed by atoms with Crippen LogP contribution in [0.3, 0.4) is 0 Å². The van der Waals surface area contributed by atoms with Gasteiger partial charge >= 0.3 is 6.03 Å². The van der Waals surface area contributed by atoms with Gasteiger partial charge in [0, 0.05) is 29.7 Å². The maximum atomic E-state index is 13.1. The van der Waals surface area contributed by atoms with Gasteiger partial charge in [0.25, 0.3) is 0 Å². The van der Waals surface area contributed by atoms with Crippen molar-refractivity contribution in [3.8, 4) is 11.5 Å². The van der Waals surface area contributed by atoms with Crippen molar-refractivity contribution in [3.63, 3.8) is 0 Å². The molecule has 0 bridgehead atoms. The van der Waals surface area contributed by atoms with E-state index in [4.69, 9.17) is 32.7 Å². The molecule has 32 heavy (non-hydrogen) atoms. The Labute approximate surface area is 198 Å². The lowest BCUT2D eigenvalue weighted by atomic mass is 10.1. The van der Waals surface area contributed by atoms with Crippen molar-refractivity contribution in [2.75, 3.05) is 20.8 Å². The van der Waals surface area contributed by atoms with E-state index in [1.165, 1.54) is 0 Å². The Morgan fingerprint density at radius 2 is 1.66 bits per heavy atom. The summed E-state index contributed by atoms with van der Waals surface area (Å²) in [5, 5.41) is 4.18. The van der Waals surface area contributed by atoms with Gasteiger partial charge in [-0.2, -0.15) is 0 Å². The average Bonchev–Trinajstić information content (AvgIpc) is 2.81. The fourth-order valence-corrected chi connectivity index (χ4v) is 3.82. The molecule has 0 saturated carbocycles. The molecule has 0 aliphatic heterocycles. The van der Waals surface area contributed by atoms with Gasteiger partial charge in [-0.25, -0.2) is 4.79 Å². The first-order chi connectivity index (χ1) is 15.5.